The van der Waals surface area contributed by atoms with Crippen LogP contribution in [-0.4, -0.2) is 80.2 Å². The van der Waals surface area contributed by atoms with Crippen LogP contribution in [0.4, 0.5) is 0 Å². The van der Waals surface area contributed by atoms with Crippen LogP contribution in [0, 0.1) is 17.2 Å². The number of nitriles is 1. The maximum Gasteiger partial charge on any atom is 0.252 e. The van der Waals surface area contributed by atoms with Gasteiger partial charge in [-0.3, -0.25) is 4.79 Å². The first-order valence-corrected chi connectivity index (χ1v) is 17.0. The fourth-order valence-electron chi connectivity index (χ4n) is 6.34. The first-order chi connectivity index (χ1) is 21.8. The van der Waals surface area contributed by atoms with Gasteiger partial charge in [-0.2, -0.15) is 9.57 Å². The van der Waals surface area contributed by atoms with Crippen molar-refractivity contribution in [2.24, 2.45) is 5.92 Å². The summed E-state index contributed by atoms with van der Waals surface area (Å²) in [6.45, 7) is 0.413. The second kappa shape index (κ2) is 15.0. The highest BCUT2D eigenvalue weighted by Gasteiger charge is 2.38. The van der Waals surface area contributed by atoms with Crippen LogP contribution < -0.4 is 4.74 Å². The van der Waals surface area contributed by atoms with Gasteiger partial charge in [0.2, 0.25) is 10.0 Å². The van der Waals surface area contributed by atoms with E-state index in [0.717, 1.165) is 36.8 Å². The third kappa shape index (κ3) is 8.30. The lowest BCUT2D eigenvalue weighted by Crippen LogP contribution is -2.58. The standard InChI is InChI=1S/C35H41N3O6S/c1-43-32-14-16-33(17-15-32)45(41,42)37(22-27-10-5-6-11-27)23-31(39)24-38-30(19-26-8-3-2-4-9-26)25-44-34(35(38)40)20-28-12-7-13-29(18-28)21-36/h2-4,7-9,12-18,27,30-31,34,39H,5-6,10-11,19-20,22-25H2,1H3/t30-,31+,34+/m0/s1. The Bertz CT molecular complexity index is 1570. The molecule has 0 spiro atoms. The number of hydrogen-bond donors (Lipinski definition) is 1. The topological polar surface area (TPSA) is 120 Å². The molecule has 1 saturated heterocycles. The minimum absolute atomic E-state index is 0.0340. The molecular weight excluding hydrogens is 590 g/mol. The lowest BCUT2D eigenvalue weighted by atomic mass is 9.99. The molecule has 1 aliphatic heterocycles. The van der Waals surface area contributed by atoms with E-state index in [2.05, 4.69) is 6.07 Å². The summed E-state index contributed by atoms with van der Waals surface area (Å²) in [4.78, 5) is 15.7. The van der Waals surface area contributed by atoms with Gasteiger partial charge in [-0.1, -0.05) is 55.3 Å². The maximum atomic E-state index is 13.9. The molecule has 0 aromatic heterocycles. The molecule has 0 bridgehead atoms. The lowest BCUT2D eigenvalue weighted by Gasteiger charge is -2.41. The number of hydrogen-bond acceptors (Lipinski definition) is 7. The number of aliphatic hydroxyl groups is 1. The van der Waals surface area contributed by atoms with E-state index in [0.29, 0.717) is 30.7 Å². The number of carbonyl (C=O) groups is 1. The predicted molar refractivity (Wildman–Crippen MR) is 170 cm³/mol. The fraction of sp³-hybridized carbons (Fsp3) is 0.429. The van der Waals surface area contributed by atoms with Crippen LogP contribution in [-0.2, 0) is 32.4 Å². The number of amides is 1. The Kier molecular flexibility index (Phi) is 10.9. The number of methoxy groups -OCH3 is 1. The Morgan fingerprint density at radius 2 is 1.73 bits per heavy atom. The largest absolute Gasteiger partial charge is 0.497 e. The fourth-order valence-corrected chi connectivity index (χ4v) is 7.90. The Morgan fingerprint density at radius 1 is 1.02 bits per heavy atom. The van der Waals surface area contributed by atoms with Crippen molar-refractivity contribution in [1.82, 2.24) is 9.21 Å². The van der Waals surface area contributed by atoms with Crippen molar-refractivity contribution in [2.75, 3.05) is 33.4 Å². The number of aliphatic hydroxyl groups excluding tert-OH is 1. The van der Waals surface area contributed by atoms with Crippen molar-refractivity contribution < 1.29 is 27.8 Å². The van der Waals surface area contributed by atoms with Crippen molar-refractivity contribution in [1.29, 1.82) is 5.26 Å². The van der Waals surface area contributed by atoms with Crippen molar-refractivity contribution >= 4 is 15.9 Å². The SMILES string of the molecule is COc1ccc(S(=O)(=O)N(CC2CCCC2)C[C@@H](O)CN2C(=O)[C@@H](Cc3cccc(C#N)c3)OC[C@@H]2Cc2ccccc2)cc1. The van der Waals surface area contributed by atoms with Crippen LogP contribution in [0.25, 0.3) is 0 Å². The molecule has 3 aromatic carbocycles. The van der Waals surface area contributed by atoms with Crippen molar-refractivity contribution in [3.05, 3.63) is 95.6 Å². The van der Waals surface area contributed by atoms with E-state index in [1.165, 1.54) is 23.5 Å². The van der Waals surface area contributed by atoms with E-state index in [9.17, 15) is 23.6 Å². The van der Waals surface area contributed by atoms with Gasteiger partial charge in [0.05, 0.1) is 42.4 Å². The van der Waals surface area contributed by atoms with Crippen LogP contribution in [0.15, 0.2) is 83.8 Å². The van der Waals surface area contributed by atoms with Crippen LogP contribution in [0.2, 0.25) is 0 Å². The number of β-amino-alcohol motifs (C(OH)–C–C–N with tert-alkyl or cyclic N) is 1. The highest BCUT2D eigenvalue weighted by Crippen LogP contribution is 2.29. The molecule has 9 nitrogen and oxygen atoms in total. The first kappa shape index (κ1) is 32.6. The van der Waals surface area contributed by atoms with E-state index in [-0.39, 0.29) is 42.5 Å². The zero-order valence-electron chi connectivity index (χ0n) is 25.6. The lowest BCUT2D eigenvalue weighted by molar-refractivity contribution is -0.161. The third-order valence-corrected chi connectivity index (χ3v) is 10.6. The minimum Gasteiger partial charge on any atom is -0.497 e. The molecule has 238 valence electrons. The van der Waals surface area contributed by atoms with E-state index >= 15 is 0 Å². The molecule has 1 saturated carbocycles. The zero-order chi connectivity index (χ0) is 31.8. The quantitative estimate of drug-likeness (QED) is 0.300. The molecule has 1 N–H and O–H groups in total. The zero-order valence-corrected chi connectivity index (χ0v) is 26.4. The molecule has 45 heavy (non-hydrogen) atoms. The average Bonchev–Trinajstić information content (AvgIpc) is 3.57. The molecule has 1 aliphatic carbocycles. The van der Waals surface area contributed by atoms with Gasteiger partial charge in [0.1, 0.15) is 11.9 Å². The number of rotatable bonds is 13. The van der Waals surface area contributed by atoms with Crippen LogP contribution in [0.5, 0.6) is 5.75 Å². The molecular formula is C35H41N3O6S. The number of carbonyl (C=O) groups excluding carboxylic acids is 1. The van der Waals surface area contributed by atoms with Gasteiger partial charge in [-0.25, -0.2) is 8.42 Å². The maximum absolute atomic E-state index is 13.9. The van der Waals surface area contributed by atoms with E-state index < -0.39 is 22.2 Å². The smallest absolute Gasteiger partial charge is 0.252 e. The number of benzene rings is 3. The van der Waals surface area contributed by atoms with Gasteiger partial charge in [-0.15, -0.1) is 0 Å². The van der Waals surface area contributed by atoms with E-state index in [1.807, 2.05) is 36.4 Å². The highest BCUT2D eigenvalue weighted by atomic mass is 32.2. The van der Waals surface area contributed by atoms with Crippen LogP contribution in [0.3, 0.4) is 0 Å². The highest BCUT2D eigenvalue weighted by molar-refractivity contribution is 7.89. The Morgan fingerprint density at radius 3 is 2.42 bits per heavy atom. The van der Waals surface area contributed by atoms with Gasteiger partial charge in [0, 0.05) is 26.1 Å². The van der Waals surface area contributed by atoms with Gasteiger partial charge in [-0.05, 0) is 72.7 Å². The van der Waals surface area contributed by atoms with Gasteiger partial charge in [0.25, 0.3) is 5.91 Å². The molecule has 2 fully saturated rings. The molecule has 3 aromatic rings. The monoisotopic (exact) mass is 631 g/mol. The van der Waals surface area contributed by atoms with Crippen LogP contribution in [0.1, 0.15) is 42.4 Å². The summed E-state index contributed by atoms with van der Waals surface area (Å²) < 4.78 is 40.4. The molecule has 3 atom stereocenters. The number of ether oxygens (including phenoxy) is 2. The first-order valence-electron chi connectivity index (χ1n) is 15.5. The summed E-state index contributed by atoms with van der Waals surface area (Å²) in [5.74, 6) is 0.513. The predicted octanol–water partition coefficient (Wildman–Crippen LogP) is 4.19. The van der Waals surface area contributed by atoms with E-state index in [1.54, 1.807) is 35.2 Å². The van der Waals surface area contributed by atoms with E-state index in [4.69, 9.17) is 9.47 Å². The summed E-state index contributed by atoms with van der Waals surface area (Å²) in [6.07, 6.45) is 2.93. The summed E-state index contributed by atoms with van der Waals surface area (Å²) in [7, 11) is -2.39. The summed E-state index contributed by atoms with van der Waals surface area (Å²) in [6, 6.07) is 25.0. The van der Waals surface area contributed by atoms with Crippen molar-refractivity contribution in [3.8, 4) is 11.8 Å². The summed E-state index contributed by atoms with van der Waals surface area (Å²) >= 11 is 0. The van der Waals surface area contributed by atoms with Crippen LogP contribution >= 0.6 is 0 Å². The molecule has 1 heterocycles. The van der Waals surface area contributed by atoms with Gasteiger partial charge in [0.15, 0.2) is 0 Å². The van der Waals surface area contributed by atoms with Crippen molar-refractivity contribution in [2.45, 2.75) is 61.7 Å². The Labute approximate surface area is 266 Å². The summed E-state index contributed by atoms with van der Waals surface area (Å²) in [5.41, 5.74) is 2.34. The second-order valence-electron chi connectivity index (χ2n) is 12.0. The molecule has 0 radical (unpaired) electrons. The molecule has 10 heteroatoms. The molecule has 5 rings (SSSR count). The summed E-state index contributed by atoms with van der Waals surface area (Å²) in [5, 5.41) is 20.8. The molecule has 2 aliphatic rings. The molecule has 1 amide bonds. The van der Waals surface area contributed by atoms with Crippen molar-refractivity contribution in [3.63, 3.8) is 0 Å². The number of morpholine rings is 1. The molecule has 0 unspecified atom stereocenters. The Balaban J connectivity index is 1.36. The normalized spacial score (nSPS) is 19.9. The second-order valence-corrected chi connectivity index (χ2v) is 13.9. The average molecular weight is 632 g/mol. The Hall–Kier alpha value is -3.75. The van der Waals surface area contributed by atoms with Gasteiger partial charge >= 0.3 is 0 Å². The number of nitrogens with zero attached hydrogens (tertiary/aromatic N) is 3. The van der Waals surface area contributed by atoms with Gasteiger partial charge < -0.3 is 19.5 Å². The third-order valence-electron chi connectivity index (χ3n) is 8.74. The minimum atomic E-state index is -3.92. The number of sulfonamides is 1.